The molecular formula is C13H21N3O. The van der Waals surface area contributed by atoms with E-state index in [-0.39, 0.29) is 6.10 Å². The monoisotopic (exact) mass is 235 g/mol. The maximum atomic E-state index is 5.86. The lowest BCUT2D eigenvalue weighted by Gasteiger charge is -2.35. The van der Waals surface area contributed by atoms with E-state index in [0.29, 0.717) is 12.1 Å². The van der Waals surface area contributed by atoms with Gasteiger partial charge in [-0.1, -0.05) is 0 Å². The van der Waals surface area contributed by atoms with Crippen molar-refractivity contribution in [3.8, 4) is 0 Å². The van der Waals surface area contributed by atoms with Crippen LogP contribution in [0.1, 0.15) is 44.4 Å². The first kappa shape index (κ1) is 11.2. The summed E-state index contributed by atoms with van der Waals surface area (Å²) in [6, 6.07) is 1.26. The van der Waals surface area contributed by atoms with Gasteiger partial charge < -0.3 is 4.74 Å². The number of nitrogens with zero attached hydrogens (tertiary/aromatic N) is 3. The summed E-state index contributed by atoms with van der Waals surface area (Å²) in [4.78, 5) is 2.47. The van der Waals surface area contributed by atoms with E-state index in [1.165, 1.54) is 18.4 Å². The fraction of sp³-hybridized carbons (Fsp3) is 0.769. The molecule has 1 unspecified atom stereocenters. The lowest BCUT2D eigenvalue weighted by atomic mass is 10.1. The minimum absolute atomic E-state index is 0.207. The van der Waals surface area contributed by atoms with Crippen LogP contribution in [0.15, 0.2) is 12.4 Å². The third-order valence-corrected chi connectivity index (χ3v) is 3.74. The maximum Gasteiger partial charge on any atom is 0.0982 e. The largest absolute Gasteiger partial charge is 0.371 e. The molecule has 1 saturated carbocycles. The Kier molecular flexibility index (Phi) is 2.92. The normalized spacial score (nSPS) is 26.6. The van der Waals surface area contributed by atoms with Crippen molar-refractivity contribution in [3.05, 3.63) is 18.0 Å². The van der Waals surface area contributed by atoms with Gasteiger partial charge in [-0.2, -0.15) is 5.10 Å². The molecule has 4 nitrogen and oxygen atoms in total. The zero-order valence-corrected chi connectivity index (χ0v) is 10.7. The summed E-state index contributed by atoms with van der Waals surface area (Å²) in [6.45, 7) is 7.36. The first-order valence-corrected chi connectivity index (χ1v) is 6.64. The molecule has 94 valence electrons. The second-order valence-corrected chi connectivity index (χ2v) is 5.43. The van der Waals surface area contributed by atoms with Crippen LogP contribution in [-0.2, 0) is 4.74 Å². The molecule has 0 bridgehead atoms. The molecule has 2 aliphatic rings. The highest BCUT2D eigenvalue weighted by atomic mass is 16.5. The van der Waals surface area contributed by atoms with Gasteiger partial charge in [0.15, 0.2) is 0 Å². The van der Waals surface area contributed by atoms with Crippen LogP contribution in [0.25, 0.3) is 0 Å². The highest BCUT2D eigenvalue weighted by Crippen LogP contribution is 2.35. The van der Waals surface area contributed by atoms with E-state index in [1.54, 1.807) is 0 Å². The highest BCUT2D eigenvalue weighted by Gasteiger charge is 2.28. The number of hydrogen-bond donors (Lipinski definition) is 0. The van der Waals surface area contributed by atoms with E-state index in [1.807, 2.05) is 6.20 Å². The fourth-order valence-electron chi connectivity index (χ4n) is 2.40. The fourth-order valence-corrected chi connectivity index (χ4v) is 2.40. The summed E-state index contributed by atoms with van der Waals surface area (Å²) in [6.07, 6.45) is 6.92. The second kappa shape index (κ2) is 4.42. The standard InChI is InChI=1S/C13H21N3O/c1-10(2)15-5-6-17-13(9-15)11-7-14-16(8-11)12-3-4-12/h7-8,10,12-13H,3-6,9H2,1-2H3. The van der Waals surface area contributed by atoms with Crippen LogP contribution in [-0.4, -0.2) is 40.4 Å². The van der Waals surface area contributed by atoms with Crippen LogP contribution >= 0.6 is 0 Å². The minimum Gasteiger partial charge on any atom is -0.371 e. The lowest BCUT2D eigenvalue weighted by molar-refractivity contribution is -0.0402. The van der Waals surface area contributed by atoms with Gasteiger partial charge in [0.05, 0.1) is 24.9 Å². The summed E-state index contributed by atoms with van der Waals surface area (Å²) in [5, 5.41) is 4.44. The van der Waals surface area contributed by atoms with E-state index < -0.39 is 0 Å². The molecule has 0 spiro atoms. The van der Waals surface area contributed by atoms with Gasteiger partial charge in [0, 0.05) is 30.9 Å². The molecule has 1 aliphatic carbocycles. The topological polar surface area (TPSA) is 30.3 Å². The molecule has 1 saturated heterocycles. The average molecular weight is 235 g/mol. The van der Waals surface area contributed by atoms with Gasteiger partial charge in [-0.25, -0.2) is 0 Å². The molecular weight excluding hydrogens is 214 g/mol. The van der Waals surface area contributed by atoms with E-state index in [0.717, 1.165) is 19.7 Å². The predicted molar refractivity (Wildman–Crippen MR) is 65.9 cm³/mol. The van der Waals surface area contributed by atoms with E-state index in [2.05, 4.69) is 34.7 Å². The molecule has 2 fully saturated rings. The summed E-state index contributed by atoms with van der Waals surface area (Å²) < 4.78 is 7.97. The molecule has 1 atom stereocenters. The van der Waals surface area contributed by atoms with Crippen LogP contribution in [0.2, 0.25) is 0 Å². The molecule has 1 aromatic rings. The highest BCUT2D eigenvalue weighted by molar-refractivity contribution is 5.11. The third kappa shape index (κ3) is 2.38. The number of hydrogen-bond acceptors (Lipinski definition) is 3. The number of aromatic nitrogens is 2. The Morgan fingerprint density at radius 3 is 2.94 bits per heavy atom. The van der Waals surface area contributed by atoms with E-state index in [9.17, 15) is 0 Å². The Morgan fingerprint density at radius 2 is 2.24 bits per heavy atom. The molecule has 1 aromatic heterocycles. The lowest BCUT2D eigenvalue weighted by Crippen LogP contribution is -2.42. The number of morpholine rings is 1. The SMILES string of the molecule is CC(C)N1CCOC(c2cnn(C3CC3)c2)C1. The first-order chi connectivity index (χ1) is 8.24. The molecule has 0 aromatic carbocycles. The van der Waals surface area contributed by atoms with Gasteiger partial charge in [0.1, 0.15) is 0 Å². The van der Waals surface area contributed by atoms with Gasteiger partial charge in [0.25, 0.3) is 0 Å². The summed E-state index contributed by atoms with van der Waals surface area (Å²) in [5.41, 5.74) is 1.24. The molecule has 0 radical (unpaired) electrons. The van der Waals surface area contributed by atoms with Crippen LogP contribution in [0.3, 0.4) is 0 Å². The molecule has 0 amide bonds. The van der Waals surface area contributed by atoms with Crippen molar-refractivity contribution < 1.29 is 4.74 Å². The van der Waals surface area contributed by atoms with Crippen LogP contribution in [0.5, 0.6) is 0 Å². The first-order valence-electron chi connectivity index (χ1n) is 6.64. The maximum absolute atomic E-state index is 5.86. The van der Waals surface area contributed by atoms with E-state index >= 15 is 0 Å². The Bertz CT molecular complexity index is 384. The van der Waals surface area contributed by atoms with Gasteiger partial charge in [-0.05, 0) is 26.7 Å². The van der Waals surface area contributed by atoms with Crippen molar-refractivity contribution in [3.63, 3.8) is 0 Å². The van der Waals surface area contributed by atoms with Gasteiger partial charge in [-0.15, -0.1) is 0 Å². The van der Waals surface area contributed by atoms with E-state index in [4.69, 9.17) is 4.74 Å². The van der Waals surface area contributed by atoms with Crippen LogP contribution in [0, 0.1) is 0 Å². The van der Waals surface area contributed by atoms with Crippen molar-refractivity contribution in [2.24, 2.45) is 0 Å². The summed E-state index contributed by atoms with van der Waals surface area (Å²) >= 11 is 0. The summed E-state index contributed by atoms with van der Waals surface area (Å²) in [7, 11) is 0. The minimum atomic E-state index is 0.207. The average Bonchev–Trinajstić information content (AvgIpc) is 3.07. The van der Waals surface area contributed by atoms with Crippen molar-refractivity contribution in [1.82, 2.24) is 14.7 Å². The smallest absolute Gasteiger partial charge is 0.0982 e. The Balaban J connectivity index is 1.69. The van der Waals surface area contributed by atoms with Crippen molar-refractivity contribution in [2.45, 2.75) is 44.9 Å². The van der Waals surface area contributed by atoms with Crippen molar-refractivity contribution >= 4 is 0 Å². The molecule has 3 rings (SSSR count). The Hall–Kier alpha value is -0.870. The quantitative estimate of drug-likeness (QED) is 0.802. The summed E-state index contributed by atoms with van der Waals surface area (Å²) in [5.74, 6) is 0. The molecule has 4 heteroatoms. The van der Waals surface area contributed by atoms with Gasteiger partial charge >= 0.3 is 0 Å². The molecule has 0 N–H and O–H groups in total. The van der Waals surface area contributed by atoms with Crippen LogP contribution < -0.4 is 0 Å². The molecule has 17 heavy (non-hydrogen) atoms. The molecule has 1 aliphatic heterocycles. The van der Waals surface area contributed by atoms with Gasteiger partial charge in [-0.3, -0.25) is 9.58 Å². The zero-order valence-electron chi connectivity index (χ0n) is 10.7. The van der Waals surface area contributed by atoms with Crippen molar-refractivity contribution in [2.75, 3.05) is 19.7 Å². The number of ether oxygens (including phenoxy) is 1. The van der Waals surface area contributed by atoms with Crippen LogP contribution in [0.4, 0.5) is 0 Å². The second-order valence-electron chi connectivity index (χ2n) is 5.43. The Morgan fingerprint density at radius 1 is 1.41 bits per heavy atom. The van der Waals surface area contributed by atoms with Gasteiger partial charge in [0.2, 0.25) is 0 Å². The Labute approximate surface area is 103 Å². The predicted octanol–water partition coefficient (Wildman–Crippen LogP) is 2.00. The zero-order chi connectivity index (χ0) is 11.8. The third-order valence-electron chi connectivity index (χ3n) is 3.74. The number of rotatable bonds is 3. The van der Waals surface area contributed by atoms with Crippen molar-refractivity contribution in [1.29, 1.82) is 0 Å². The molecule has 2 heterocycles.